The Hall–Kier alpha value is -1.23. The van der Waals surface area contributed by atoms with Gasteiger partial charge in [0.1, 0.15) is 0 Å². The number of hydrogen-bond donors (Lipinski definition) is 1. The van der Waals surface area contributed by atoms with Crippen molar-refractivity contribution in [1.82, 2.24) is 5.32 Å². The molecule has 0 heterocycles. The van der Waals surface area contributed by atoms with E-state index in [2.05, 4.69) is 21.2 Å². The Kier molecular flexibility index (Phi) is 5.98. The minimum absolute atomic E-state index is 0.154. The first kappa shape index (κ1) is 14.8. The van der Waals surface area contributed by atoms with E-state index in [0.29, 0.717) is 30.3 Å². The van der Waals surface area contributed by atoms with E-state index in [1.807, 2.05) is 13.8 Å². The van der Waals surface area contributed by atoms with Crippen molar-refractivity contribution in [3.8, 4) is 11.5 Å². The maximum atomic E-state index is 11.6. The molecule has 0 radical (unpaired) electrons. The normalized spacial score (nSPS) is 10.0. The van der Waals surface area contributed by atoms with Crippen molar-refractivity contribution in [2.45, 2.75) is 20.3 Å². The van der Waals surface area contributed by atoms with Crippen LogP contribution >= 0.6 is 15.9 Å². The molecule has 18 heavy (non-hydrogen) atoms. The number of halogens is 1. The maximum absolute atomic E-state index is 11.6. The Morgan fingerprint density at radius 1 is 1.33 bits per heavy atom. The molecule has 0 aliphatic rings. The van der Waals surface area contributed by atoms with Crippen LogP contribution in [0.25, 0.3) is 0 Å². The zero-order valence-electron chi connectivity index (χ0n) is 10.9. The summed E-state index contributed by atoms with van der Waals surface area (Å²) in [5.74, 6) is 1.07. The number of ether oxygens (including phenoxy) is 2. The highest BCUT2D eigenvalue weighted by Gasteiger charge is 2.15. The van der Waals surface area contributed by atoms with Crippen molar-refractivity contribution in [1.29, 1.82) is 0 Å². The fourth-order valence-electron chi connectivity index (χ4n) is 1.45. The number of amides is 1. The highest BCUT2D eigenvalue weighted by molar-refractivity contribution is 9.10. The predicted molar refractivity (Wildman–Crippen MR) is 74.5 cm³/mol. The van der Waals surface area contributed by atoms with Crippen LogP contribution in [-0.2, 0) is 0 Å². The fraction of sp³-hybridized carbons (Fsp3) is 0.462. The fourth-order valence-corrected chi connectivity index (χ4v) is 2.01. The van der Waals surface area contributed by atoms with Gasteiger partial charge in [-0.1, -0.05) is 6.92 Å². The summed E-state index contributed by atoms with van der Waals surface area (Å²) in [7, 11) is 1.60. The molecule has 4 nitrogen and oxygen atoms in total. The Balaban J connectivity index is 3.13. The van der Waals surface area contributed by atoms with E-state index >= 15 is 0 Å². The molecule has 0 fully saturated rings. The lowest BCUT2D eigenvalue weighted by atomic mass is 10.2. The summed E-state index contributed by atoms with van der Waals surface area (Å²) in [6.45, 7) is 5.06. The third-order valence-electron chi connectivity index (χ3n) is 2.25. The summed E-state index contributed by atoms with van der Waals surface area (Å²) in [4.78, 5) is 11.6. The van der Waals surface area contributed by atoms with Gasteiger partial charge in [0.2, 0.25) is 0 Å². The second-order valence-electron chi connectivity index (χ2n) is 3.65. The Labute approximate surface area is 116 Å². The molecule has 1 aromatic rings. The van der Waals surface area contributed by atoms with Gasteiger partial charge in [0.05, 0.1) is 17.7 Å². The largest absolute Gasteiger partial charge is 0.490 e. The smallest absolute Gasteiger partial charge is 0.251 e. The van der Waals surface area contributed by atoms with Gasteiger partial charge in [-0.05, 0) is 41.4 Å². The molecule has 0 saturated carbocycles. The zero-order chi connectivity index (χ0) is 13.5. The first-order valence-corrected chi connectivity index (χ1v) is 6.74. The lowest BCUT2D eigenvalue weighted by Gasteiger charge is -2.14. The van der Waals surface area contributed by atoms with E-state index in [4.69, 9.17) is 9.47 Å². The van der Waals surface area contributed by atoms with Crippen molar-refractivity contribution in [3.63, 3.8) is 0 Å². The minimum atomic E-state index is -0.154. The Morgan fingerprint density at radius 2 is 2.06 bits per heavy atom. The van der Waals surface area contributed by atoms with Crippen molar-refractivity contribution >= 4 is 21.8 Å². The van der Waals surface area contributed by atoms with Crippen molar-refractivity contribution in [2.24, 2.45) is 0 Å². The summed E-state index contributed by atoms with van der Waals surface area (Å²) in [6.07, 6.45) is 0.912. The molecule has 1 rings (SSSR count). The van der Waals surface area contributed by atoms with Crippen LogP contribution in [0.4, 0.5) is 0 Å². The lowest BCUT2D eigenvalue weighted by molar-refractivity contribution is 0.0962. The maximum Gasteiger partial charge on any atom is 0.251 e. The molecule has 0 spiro atoms. The van der Waals surface area contributed by atoms with Gasteiger partial charge in [0.25, 0.3) is 5.91 Å². The highest BCUT2D eigenvalue weighted by atomic mass is 79.9. The van der Waals surface area contributed by atoms with Crippen LogP contribution < -0.4 is 14.8 Å². The number of carbonyl (C=O) groups excluding carboxylic acids is 1. The van der Waals surface area contributed by atoms with Gasteiger partial charge < -0.3 is 14.8 Å². The zero-order valence-corrected chi connectivity index (χ0v) is 12.5. The Morgan fingerprint density at radius 3 is 2.61 bits per heavy atom. The van der Waals surface area contributed by atoms with Gasteiger partial charge in [-0.3, -0.25) is 4.79 Å². The van der Waals surface area contributed by atoms with Crippen LogP contribution in [0.3, 0.4) is 0 Å². The van der Waals surface area contributed by atoms with Gasteiger partial charge in [-0.15, -0.1) is 0 Å². The summed E-state index contributed by atoms with van der Waals surface area (Å²) >= 11 is 3.41. The molecular weight excluding hydrogens is 298 g/mol. The van der Waals surface area contributed by atoms with Gasteiger partial charge in [0, 0.05) is 12.6 Å². The van der Waals surface area contributed by atoms with Crippen LogP contribution in [0.15, 0.2) is 16.6 Å². The first-order chi connectivity index (χ1) is 8.63. The second kappa shape index (κ2) is 7.26. The molecule has 100 valence electrons. The molecule has 1 aromatic carbocycles. The summed E-state index contributed by atoms with van der Waals surface area (Å²) in [6, 6.07) is 3.42. The Bertz CT molecular complexity index is 421. The van der Waals surface area contributed by atoms with E-state index in [0.717, 1.165) is 10.9 Å². The van der Waals surface area contributed by atoms with E-state index in [-0.39, 0.29) is 5.91 Å². The first-order valence-electron chi connectivity index (χ1n) is 5.95. The number of hydrogen-bond acceptors (Lipinski definition) is 3. The van der Waals surface area contributed by atoms with Gasteiger partial charge in [-0.25, -0.2) is 0 Å². The summed E-state index contributed by atoms with van der Waals surface area (Å²) in [5, 5.41) is 2.58. The number of rotatable bonds is 6. The van der Waals surface area contributed by atoms with E-state index in [1.165, 1.54) is 0 Å². The van der Waals surface area contributed by atoms with Gasteiger partial charge in [0.15, 0.2) is 11.5 Å². The number of benzene rings is 1. The minimum Gasteiger partial charge on any atom is -0.490 e. The molecule has 1 amide bonds. The van der Waals surface area contributed by atoms with E-state index in [9.17, 15) is 4.79 Å². The van der Waals surface area contributed by atoms with Crippen molar-refractivity contribution < 1.29 is 14.3 Å². The average molecular weight is 316 g/mol. The van der Waals surface area contributed by atoms with Crippen LogP contribution in [-0.4, -0.2) is 26.2 Å². The molecule has 0 saturated heterocycles. The van der Waals surface area contributed by atoms with Crippen LogP contribution in [0.1, 0.15) is 30.6 Å². The number of nitrogens with one attached hydrogen (secondary N) is 1. The van der Waals surface area contributed by atoms with Crippen molar-refractivity contribution in [2.75, 3.05) is 20.3 Å². The van der Waals surface area contributed by atoms with Crippen LogP contribution in [0.2, 0.25) is 0 Å². The third-order valence-corrected chi connectivity index (χ3v) is 2.84. The highest BCUT2D eigenvalue weighted by Crippen LogP contribution is 2.37. The molecule has 0 atom stereocenters. The molecule has 0 bridgehead atoms. The standard InChI is InChI=1S/C13H18BrNO3/c1-4-6-18-12-10(14)7-9(13(16)15-3)8-11(12)17-5-2/h7-8H,4-6H2,1-3H3,(H,15,16). The summed E-state index contributed by atoms with van der Waals surface area (Å²) < 4.78 is 11.9. The van der Waals surface area contributed by atoms with Gasteiger partial charge in [-0.2, -0.15) is 0 Å². The SMILES string of the molecule is CCCOc1c(Br)cc(C(=O)NC)cc1OCC. The predicted octanol–water partition coefficient (Wildman–Crippen LogP) is 3.00. The molecular formula is C13H18BrNO3. The average Bonchev–Trinajstić information content (AvgIpc) is 2.37. The quantitative estimate of drug-likeness (QED) is 0.878. The van der Waals surface area contributed by atoms with Crippen molar-refractivity contribution in [3.05, 3.63) is 22.2 Å². The molecule has 5 heteroatoms. The molecule has 0 aliphatic carbocycles. The molecule has 0 aromatic heterocycles. The van der Waals surface area contributed by atoms with E-state index < -0.39 is 0 Å². The van der Waals surface area contributed by atoms with Crippen LogP contribution in [0, 0.1) is 0 Å². The van der Waals surface area contributed by atoms with E-state index in [1.54, 1.807) is 19.2 Å². The lowest BCUT2D eigenvalue weighted by Crippen LogP contribution is -2.18. The van der Waals surface area contributed by atoms with Gasteiger partial charge >= 0.3 is 0 Å². The third kappa shape index (κ3) is 3.63. The topological polar surface area (TPSA) is 47.6 Å². The van der Waals surface area contributed by atoms with Crippen LogP contribution in [0.5, 0.6) is 11.5 Å². The monoisotopic (exact) mass is 315 g/mol. The molecule has 1 N–H and O–H groups in total. The second-order valence-corrected chi connectivity index (χ2v) is 4.50. The summed E-state index contributed by atoms with van der Waals surface area (Å²) in [5.41, 5.74) is 0.539. The molecule has 0 aliphatic heterocycles. The number of carbonyl (C=O) groups is 1. The molecule has 0 unspecified atom stereocenters.